The van der Waals surface area contributed by atoms with Crippen molar-refractivity contribution in [3.63, 3.8) is 0 Å². The van der Waals surface area contributed by atoms with Gasteiger partial charge in [0.2, 0.25) is 11.7 Å². The van der Waals surface area contributed by atoms with Crippen molar-refractivity contribution in [2.24, 2.45) is 5.10 Å². The zero-order valence-corrected chi connectivity index (χ0v) is 15.4. The Morgan fingerprint density at radius 2 is 2.04 bits per heavy atom. The summed E-state index contributed by atoms with van der Waals surface area (Å²) in [5.41, 5.74) is 5.32. The van der Waals surface area contributed by atoms with Gasteiger partial charge in [-0.25, -0.2) is 5.43 Å². The maximum atomic E-state index is 12.0. The van der Waals surface area contributed by atoms with E-state index in [1.54, 1.807) is 6.92 Å². The summed E-state index contributed by atoms with van der Waals surface area (Å²) in [5, 5.41) is 24.7. The predicted molar refractivity (Wildman–Crippen MR) is 101 cm³/mol. The van der Waals surface area contributed by atoms with Crippen molar-refractivity contribution in [3.05, 3.63) is 62.7 Å². The van der Waals surface area contributed by atoms with Crippen molar-refractivity contribution in [2.75, 3.05) is 6.61 Å². The number of hydrogen-bond acceptors (Lipinski definition) is 6. The number of benzene rings is 2. The molecule has 0 aliphatic heterocycles. The lowest BCUT2D eigenvalue weighted by atomic mass is 10.0. The van der Waals surface area contributed by atoms with Crippen LogP contribution in [0.5, 0.6) is 11.5 Å². The molecule has 0 heterocycles. The van der Waals surface area contributed by atoms with Crippen LogP contribution in [0.15, 0.2) is 35.4 Å². The van der Waals surface area contributed by atoms with Crippen LogP contribution in [0.1, 0.15) is 29.2 Å². The van der Waals surface area contributed by atoms with E-state index in [1.165, 1.54) is 12.3 Å². The average molecular weight is 371 g/mol. The van der Waals surface area contributed by atoms with Gasteiger partial charge in [0, 0.05) is 11.6 Å². The molecule has 8 nitrogen and oxygen atoms in total. The molecule has 27 heavy (non-hydrogen) atoms. The summed E-state index contributed by atoms with van der Waals surface area (Å²) in [7, 11) is 0. The van der Waals surface area contributed by atoms with E-state index in [-0.39, 0.29) is 24.7 Å². The van der Waals surface area contributed by atoms with E-state index in [0.29, 0.717) is 5.56 Å². The van der Waals surface area contributed by atoms with Gasteiger partial charge < -0.3 is 9.84 Å². The van der Waals surface area contributed by atoms with Gasteiger partial charge in [0.25, 0.3) is 0 Å². The maximum absolute atomic E-state index is 12.0. The van der Waals surface area contributed by atoms with Gasteiger partial charge in [-0.2, -0.15) is 5.10 Å². The van der Waals surface area contributed by atoms with Crippen molar-refractivity contribution in [2.45, 2.75) is 27.2 Å². The van der Waals surface area contributed by atoms with Gasteiger partial charge in [-0.3, -0.25) is 14.9 Å². The summed E-state index contributed by atoms with van der Waals surface area (Å²) >= 11 is 0. The Kier molecular flexibility index (Phi) is 6.48. The molecule has 1 amide bonds. The number of nitrogens with one attached hydrogen (secondary N) is 1. The third-order valence-corrected chi connectivity index (χ3v) is 3.91. The number of nitro benzene ring substituents is 1. The van der Waals surface area contributed by atoms with E-state index in [4.69, 9.17) is 4.74 Å². The lowest BCUT2D eigenvalue weighted by Gasteiger charge is -2.07. The van der Waals surface area contributed by atoms with Gasteiger partial charge in [0.15, 0.2) is 5.75 Å². The largest absolute Gasteiger partial charge is 0.500 e. The molecule has 2 rings (SSSR count). The lowest BCUT2D eigenvalue weighted by molar-refractivity contribution is -0.386. The molecule has 0 atom stereocenters. The molecule has 142 valence electrons. The fourth-order valence-corrected chi connectivity index (χ4v) is 2.41. The number of nitro groups is 1. The standard InChI is InChI=1S/C19H21N3O5/c1-4-27-17-9-15(8-16(19(17)24)22(25)26)11-20-21-18(23)10-14-6-5-12(2)13(3)7-14/h5-9,11,24H,4,10H2,1-3H3,(H,21,23)/b20-11-. The molecule has 0 aromatic heterocycles. The Morgan fingerprint density at radius 3 is 2.67 bits per heavy atom. The molecular weight excluding hydrogens is 350 g/mol. The highest BCUT2D eigenvalue weighted by Gasteiger charge is 2.19. The summed E-state index contributed by atoms with van der Waals surface area (Å²) in [4.78, 5) is 22.3. The predicted octanol–water partition coefficient (Wildman–Crippen LogP) is 3.01. The first kappa shape index (κ1) is 19.9. The maximum Gasteiger partial charge on any atom is 0.315 e. The van der Waals surface area contributed by atoms with Crippen LogP contribution in [-0.4, -0.2) is 28.8 Å². The number of aryl methyl sites for hydroxylation is 2. The van der Waals surface area contributed by atoms with Crippen LogP contribution in [0, 0.1) is 24.0 Å². The van der Waals surface area contributed by atoms with Crippen molar-refractivity contribution in [3.8, 4) is 11.5 Å². The molecule has 2 aromatic carbocycles. The highest BCUT2D eigenvalue weighted by molar-refractivity contribution is 5.85. The SMILES string of the molecule is CCOc1cc(/C=N\NC(=O)Cc2ccc(C)c(C)c2)cc([N+](=O)[O-])c1O. The van der Waals surface area contributed by atoms with Gasteiger partial charge in [-0.05, 0) is 43.5 Å². The summed E-state index contributed by atoms with van der Waals surface area (Å²) in [5.74, 6) is -0.875. The van der Waals surface area contributed by atoms with Crippen LogP contribution >= 0.6 is 0 Å². The van der Waals surface area contributed by atoms with E-state index in [1.807, 2.05) is 32.0 Å². The topological polar surface area (TPSA) is 114 Å². The number of phenolic OH excluding ortho intramolecular Hbond substituents is 1. The molecule has 2 N–H and O–H groups in total. The Bertz CT molecular complexity index is 893. The molecule has 0 bridgehead atoms. The molecule has 0 fully saturated rings. The Hall–Kier alpha value is -3.42. The molecule has 0 saturated heterocycles. The Labute approximate surface area is 156 Å². The average Bonchev–Trinajstić information content (AvgIpc) is 2.60. The number of hydrogen-bond donors (Lipinski definition) is 2. The Balaban J connectivity index is 2.09. The zero-order chi connectivity index (χ0) is 20.0. The summed E-state index contributed by atoms with van der Waals surface area (Å²) < 4.78 is 5.19. The van der Waals surface area contributed by atoms with Gasteiger partial charge in [0.1, 0.15) is 0 Å². The van der Waals surface area contributed by atoms with Crippen LogP contribution in [0.3, 0.4) is 0 Å². The molecule has 0 saturated carbocycles. The second-order valence-electron chi connectivity index (χ2n) is 5.97. The first-order valence-electron chi connectivity index (χ1n) is 8.34. The quantitative estimate of drug-likeness (QED) is 0.441. The molecule has 0 radical (unpaired) electrons. The van der Waals surface area contributed by atoms with Crippen LogP contribution in [-0.2, 0) is 11.2 Å². The molecule has 0 aliphatic carbocycles. The second-order valence-corrected chi connectivity index (χ2v) is 5.97. The van der Waals surface area contributed by atoms with E-state index in [9.17, 15) is 20.0 Å². The van der Waals surface area contributed by atoms with E-state index in [0.717, 1.165) is 22.8 Å². The van der Waals surface area contributed by atoms with Crippen LogP contribution in [0.25, 0.3) is 0 Å². The van der Waals surface area contributed by atoms with Gasteiger partial charge in [-0.1, -0.05) is 18.2 Å². The van der Waals surface area contributed by atoms with Crippen molar-refractivity contribution in [1.29, 1.82) is 0 Å². The smallest absolute Gasteiger partial charge is 0.315 e. The van der Waals surface area contributed by atoms with E-state index >= 15 is 0 Å². The van der Waals surface area contributed by atoms with Crippen molar-refractivity contribution < 1.29 is 19.6 Å². The number of phenols is 1. The summed E-state index contributed by atoms with van der Waals surface area (Å²) in [6.45, 7) is 5.90. The first-order chi connectivity index (χ1) is 12.8. The number of nitrogens with zero attached hydrogens (tertiary/aromatic N) is 2. The molecule has 2 aromatic rings. The normalized spacial score (nSPS) is 10.8. The second kappa shape index (κ2) is 8.79. The fraction of sp³-hybridized carbons (Fsp3) is 0.263. The third kappa shape index (κ3) is 5.27. The first-order valence-corrected chi connectivity index (χ1v) is 8.34. The number of amides is 1. The molecule has 8 heteroatoms. The molecular formula is C19H21N3O5. The number of hydrazone groups is 1. The van der Waals surface area contributed by atoms with E-state index < -0.39 is 16.4 Å². The molecule has 0 spiro atoms. The van der Waals surface area contributed by atoms with Gasteiger partial charge >= 0.3 is 5.69 Å². The summed E-state index contributed by atoms with van der Waals surface area (Å²) in [6.07, 6.45) is 1.42. The van der Waals surface area contributed by atoms with Crippen molar-refractivity contribution >= 4 is 17.8 Å². The molecule has 0 aliphatic rings. The highest BCUT2D eigenvalue weighted by atomic mass is 16.6. The number of ether oxygens (including phenoxy) is 1. The van der Waals surface area contributed by atoms with Gasteiger partial charge in [-0.15, -0.1) is 0 Å². The van der Waals surface area contributed by atoms with Crippen LogP contribution in [0.4, 0.5) is 5.69 Å². The fourth-order valence-electron chi connectivity index (χ4n) is 2.41. The number of carbonyl (C=O) groups is 1. The van der Waals surface area contributed by atoms with Crippen LogP contribution in [0.2, 0.25) is 0 Å². The summed E-state index contributed by atoms with van der Waals surface area (Å²) in [6, 6.07) is 8.33. The van der Waals surface area contributed by atoms with E-state index in [2.05, 4.69) is 10.5 Å². The lowest BCUT2D eigenvalue weighted by Crippen LogP contribution is -2.19. The third-order valence-electron chi connectivity index (χ3n) is 3.91. The minimum absolute atomic E-state index is 0.0189. The highest BCUT2D eigenvalue weighted by Crippen LogP contribution is 2.36. The number of rotatable bonds is 7. The molecule has 0 unspecified atom stereocenters. The monoisotopic (exact) mass is 371 g/mol. The number of carbonyl (C=O) groups excluding carboxylic acids is 1. The van der Waals surface area contributed by atoms with Crippen molar-refractivity contribution in [1.82, 2.24) is 5.43 Å². The Morgan fingerprint density at radius 1 is 1.30 bits per heavy atom. The van der Waals surface area contributed by atoms with Gasteiger partial charge in [0.05, 0.1) is 24.2 Å². The minimum Gasteiger partial charge on any atom is -0.500 e. The van der Waals surface area contributed by atoms with Crippen LogP contribution < -0.4 is 10.2 Å². The number of aromatic hydroxyl groups is 1. The zero-order valence-electron chi connectivity index (χ0n) is 15.4. The minimum atomic E-state index is -0.715.